The number of nitrogens with zero attached hydrogens (tertiary/aromatic N) is 3. The fraction of sp³-hybridized carbons (Fsp3) is 0.426. The molecule has 3 N–H and O–H groups in total. The van der Waals surface area contributed by atoms with Crippen LogP contribution < -0.4 is 20.3 Å². The number of nitrogens with one attached hydrogen (secondary N) is 3. The van der Waals surface area contributed by atoms with E-state index in [1.54, 1.807) is 12.1 Å². The number of hydrogen-bond acceptors (Lipinski definition) is 12. The van der Waals surface area contributed by atoms with Crippen LogP contribution in [-0.2, 0) is 24.6 Å². The van der Waals surface area contributed by atoms with E-state index in [9.17, 15) is 34.8 Å². The van der Waals surface area contributed by atoms with Crippen LogP contribution in [0.5, 0.6) is 0 Å². The first-order chi connectivity index (χ1) is 31.6. The van der Waals surface area contributed by atoms with E-state index in [2.05, 4.69) is 37.5 Å². The largest absolute Gasteiger partial charge is 0.501 e. The topological polar surface area (TPSA) is 140 Å². The average Bonchev–Trinajstić information content (AvgIpc) is 3.30. The molecule has 3 aliphatic heterocycles. The second-order valence-electron chi connectivity index (χ2n) is 17.4. The Morgan fingerprint density at radius 1 is 0.864 bits per heavy atom. The lowest BCUT2D eigenvalue weighted by Crippen LogP contribution is -2.55. The number of ether oxygens (including phenoxy) is 1. The number of amides is 1. The molecule has 3 fully saturated rings. The van der Waals surface area contributed by atoms with Crippen LogP contribution in [0.15, 0.2) is 117 Å². The first-order valence-electron chi connectivity index (χ1n) is 22.1. The molecular formula is C47H54ClF3N6O6S3. The normalized spacial score (nSPS) is 19.1. The zero-order valence-electron chi connectivity index (χ0n) is 36.4. The lowest BCUT2D eigenvalue weighted by atomic mass is 9.67. The second-order valence-corrected chi connectivity index (χ2v) is 22.6. The molecule has 3 saturated heterocycles. The van der Waals surface area contributed by atoms with Gasteiger partial charge in [0.05, 0.1) is 23.8 Å². The van der Waals surface area contributed by atoms with Crippen LogP contribution in [-0.4, -0.2) is 129 Å². The minimum Gasteiger partial charge on any atom is -0.380 e. The van der Waals surface area contributed by atoms with E-state index in [1.807, 2.05) is 47.2 Å². The maximum Gasteiger partial charge on any atom is 0.501 e. The van der Waals surface area contributed by atoms with Crippen LogP contribution >= 0.6 is 23.4 Å². The van der Waals surface area contributed by atoms with Crippen molar-refractivity contribution in [2.45, 2.75) is 51.9 Å². The lowest BCUT2D eigenvalue weighted by Gasteiger charge is -2.48. The predicted molar refractivity (Wildman–Crippen MR) is 253 cm³/mol. The number of morpholine rings is 1. The molecule has 0 unspecified atom stereocenters. The second kappa shape index (κ2) is 20.6. The van der Waals surface area contributed by atoms with Gasteiger partial charge in [0, 0.05) is 98.4 Å². The molecule has 1 atom stereocenters. The van der Waals surface area contributed by atoms with E-state index >= 15 is 0 Å². The summed E-state index contributed by atoms with van der Waals surface area (Å²) in [6.45, 7) is 9.12. The number of benzene rings is 4. The SMILES string of the molecule is O=C(NS(=O)(=O)c1ccc(N[C@H](CCN2CCOCC2)CSc2ccccc2)c(S(=O)(=O)C(F)(F)F)c1)c1ccc(N2CCN(CC3=C(c4ccc(Cl)cc4)CCC4(CNC4)C3)CC2)cc1. The highest BCUT2D eigenvalue weighted by molar-refractivity contribution is 7.99. The Bertz CT molecular complexity index is 2590. The van der Waals surface area contributed by atoms with Gasteiger partial charge in [-0.3, -0.25) is 14.6 Å². The Balaban J connectivity index is 0.926. The van der Waals surface area contributed by atoms with Gasteiger partial charge in [0.1, 0.15) is 4.90 Å². The van der Waals surface area contributed by atoms with Gasteiger partial charge in [-0.05, 0) is 109 Å². The van der Waals surface area contributed by atoms with Crippen LogP contribution in [0.3, 0.4) is 0 Å². The molecule has 1 spiro atoms. The lowest BCUT2D eigenvalue weighted by molar-refractivity contribution is -0.0435. The molecule has 3 heterocycles. The molecule has 354 valence electrons. The fourth-order valence-electron chi connectivity index (χ4n) is 9.07. The summed E-state index contributed by atoms with van der Waals surface area (Å²) < 4.78 is 103. The highest BCUT2D eigenvalue weighted by Crippen LogP contribution is 2.45. The predicted octanol–water partition coefficient (Wildman–Crippen LogP) is 7.40. The maximum absolute atomic E-state index is 14.2. The average molecular weight is 988 g/mol. The summed E-state index contributed by atoms with van der Waals surface area (Å²) in [6.07, 6.45) is 3.72. The molecule has 4 aromatic carbocycles. The van der Waals surface area contributed by atoms with Gasteiger partial charge in [0.15, 0.2) is 0 Å². The van der Waals surface area contributed by atoms with Crippen molar-refractivity contribution < 1.29 is 39.5 Å². The van der Waals surface area contributed by atoms with Crippen LogP contribution in [0.1, 0.15) is 41.6 Å². The monoisotopic (exact) mass is 986 g/mol. The minimum atomic E-state index is -6.05. The minimum absolute atomic E-state index is 0.000196. The Hall–Kier alpha value is -4.14. The molecule has 0 bridgehead atoms. The first-order valence-corrected chi connectivity index (χ1v) is 26.4. The molecular weight excluding hydrogens is 933 g/mol. The number of alkyl halides is 3. The number of thioether (sulfide) groups is 1. The molecule has 0 radical (unpaired) electrons. The molecule has 0 aromatic heterocycles. The fourth-order valence-corrected chi connectivity index (χ4v) is 12.2. The van der Waals surface area contributed by atoms with E-state index in [-0.39, 0.29) is 5.56 Å². The summed E-state index contributed by atoms with van der Waals surface area (Å²) in [5, 5.41) is 7.19. The number of carbonyl (C=O) groups is 1. The third-order valence-electron chi connectivity index (χ3n) is 12.9. The van der Waals surface area contributed by atoms with Gasteiger partial charge < -0.3 is 20.3 Å². The highest BCUT2D eigenvalue weighted by Gasteiger charge is 2.48. The molecule has 1 amide bonds. The van der Waals surface area contributed by atoms with Crippen LogP contribution in [0.25, 0.3) is 5.57 Å². The molecule has 12 nitrogen and oxygen atoms in total. The number of sulfonamides is 1. The van der Waals surface area contributed by atoms with Crippen molar-refractivity contribution >= 4 is 66.1 Å². The van der Waals surface area contributed by atoms with Gasteiger partial charge in [-0.1, -0.05) is 47.5 Å². The number of rotatable bonds is 16. The van der Waals surface area contributed by atoms with Crippen molar-refractivity contribution in [3.63, 3.8) is 0 Å². The summed E-state index contributed by atoms with van der Waals surface area (Å²) in [5.41, 5.74) is -0.842. The number of halogens is 4. The summed E-state index contributed by atoms with van der Waals surface area (Å²) in [7, 11) is -10.9. The van der Waals surface area contributed by atoms with E-state index in [0.717, 1.165) is 86.4 Å². The molecule has 19 heteroatoms. The van der Waals surface area contributed by atoms with Crippen LogP contribution in [0.2, 0.25) is 5.02 Å². The Morgan fingerprint density at radius 3 is 2.21 bits per heavy atom. The molecule has 8 rings (SSSR count). The molecule has 0 saturated carbocycles. The number of piperazine rings is 1. The standard InChI is InChI=1S/C47H54ClF3N6O6S3/c48-37-10-6-34(7-11-37)42-16-18-46(32-52-33-46)29-36(42)30-56-20-22-57(23-21-56)39-12-8-35(9-13-39)45(58)54-66(61,62)41-14-15-43(44(28-41)65(59,60)47(49,50)51)53-38(17-19-55-24-26-63-27-25-55)31-64-40-4-2-1-3-5-40/h1-15,28,38,52-53H,16-27,29-33H2,(H,54,58)/t38-/m1/s1. The molecule has 66 heavy (non-hydrogen) atoms. The molecule has 1 aliphatic carbocycles. The van der Waals surface area contributed by atoms with Crippen molar-refractivity contribution in [2.75, 3.05) is 94.6 Å². The van der Waals surface area contributed by atoms with Crippen LogP contribution in [0.4, 0.5) is 24.5 Å². The van der Waals surface area contributed by atoms with E-state index in [0.29, 0.717) is 56.5 Å². The molecule has 4 aromatic rings. The molecule has 4 aliphatic rings. The maximum atomic E-state index is 14.2. The van der Waals surface area contributed by atoms with Crippen molar-refractivity contribution in [1.29, 1.82) is 0 Å². The summed E-state index contributed by atoms with van der Waals surface area (Å²) in [5.74, 6) is -0.652. The number of anilines is 2. The highest BCUT2D eigenvalue weighted by atomic mass is 35.5. The van der Waals surface area contributed by atoms with Crippen molar-refractivity contribution in [3.05, 3.63) is 119 Å². The van der Waals surface area contributed by atoms with Gasteiger partial charge in [0.25, 0.3) is 25.8 Å². The van der Waals surface area contributed by atoms with Gasteiger partial charge >= 0.3 is 5.51 Å². The van der Waals surface area contributed by atoms with Crippen molar-refractivity contribution in [2.24, 2.45) is 5.41 Å². The Kier molecular flexibility index (Phi) is 15.1. The summed E-state index contributed by atoms with van der Waals surface area (Å²) >= 11 is 7.66. The Labute approximate surface area is 394 Å². The van der Waals surface area contributed by atoms with E-state index < -0.39 is 52.8 Å². The van der Waals surface area contributed by atoms with Crippen molar-refractivity contribution in [3.8, 4) is 0 Å². The number of hydrogen-bond donors (Lipinski definition) is 3. The zero-order chi connectivity index (χ0) is 46.5. The third kappa shape index (κ3) is 11.6. The number of carbonyl (C=O) groups excluding carboxylic acids is 1. The zero-order valence-corrected chi connectivity index (χ0v) is 39.6. The number of sulfone groups is 1. The van der Waals surface area contributed by atoms with Gasteiger partial charge in [-0.2, -0.15) is 13.2 Å². The summed E-state index contributed by atoms with van der Waals surface area (Å²) in [6, 6.07) is 25.9. The quantitative estimate of drug-likeness (QED) is 0.0965. The van der Waals surface area contributed by atoms with Crippen molar-refractivity contribution in [1.82, 2.24) is 19.8 Å². The van der Waals surface area contributed by atoms with Crippen LogP contribution in [0, 0.1) is 5.41 Å². The number of allylic oxidation sites excluding steroid dienone is 1. The Morgan fingerprint density at radius 2 is 1.56 bits per heavy atom. The van der Waals surface area contributed by atoms with Gasteiger partial charge in [-0.15, -0.1) is 11.8 Å². The van der Waals surface area contributed by atoms with Gasteiger partial charge in [0.2, 0.25) is 0 Å². The first kappa shape index (κ1) is 48.3. The van der Waals surface area contributed by atoms with E-state index in [1.165, 1.54) is 47.0 Å². The smallest absolute Gasteiger partial charge is 0.380 e. The third-order valence-corrected chi connectivity index (χ3v) is 17.2. The van der Waals surface area contributed by atoms with E-state index in [4.69, 9.17) is 16.3 Å². The summed E-state index contributed by atoms with van der Waals surface area (Å²) in [4.78, 5) is 19.0. The van der Waals surface area contributed by atoms with Gasteiger partial charge in [-0.25, -0.2) is 21.6 Å².